The molecule has 5 nitrogen and oxygen atoms in total. The average Bonchev–Trinajstić information content (AvgIpc) is 2.74. The van der Waals surface area contributed by atoms with Gasteiger partial charge in [0.1, 0.15) is 5.75 Å². The first-order valence-corrected chi connectivity index (χ1v) is 9.01. The molecule has 0 spiro atoms. The Hall–Kier alpha value is -3.31. The van der Waals surface area contributed by atoms with Crippen LogP contribution in [0.1, 0.15) is 26.3 Å². The summed E-state index contributed by atoms with van der Waals surface area (Å²) in [4.78, 5) is 24.7. The SMILES string of the molecule is COc1ccccc1CNC(=O)c1ccc(C(=O)Nc2ccc(Cl)cc2)cc1. The molecular weight excluding hydrogens is 376 g/mol. The predicted molar refractivity (Wildman–Crippen MR) is 110 cm³/mol. The Kier molecular flexibility index (Phi) is 6.29. The summed E-state index contributed by atoms with van der Waals surface area (Å²) in [5.74, 6) is 0.232. The number of benzene rings is 3. The van der Waals surface area contributed by atoms with E-state index in [4.69, 9.17) is 16.3 Å². The molecule has 0 aliphatic rings. The van der Waals surface area contributed by atoms with Gasteiger partial charge in [-0.1, -0.05) is 29.8 Å². The highest BCUT2D eigenvalue weighted by atomic mass is 35.5. The molecule has 0 radical (unpaired) electrons. The maximum atomic E-state index is 12.4. The Morgan fingerprint density at radius 3 is 2.11 bits per heavy atom. The van der Waals surface area contributed by atoms with Crippen LogP contribution in [0.2, 0.25) is 5.02 Å². The molecule has 2 N–H and O–H groups in total. The fourth-order valence-electron chi connectivity index (χ4n) is 2.64. The standard InChI is InChI=1S/C22H19ClN2O3/c1-28-20-5-3-2-4-17(20)14-24-21(26)15-6-8-16(9-7-15)22(27)25-19-12-10-18(23)11-13-19/h2-13H,14H2,1H3,(H,24,26)(H,25,27). The normalized spacial score (nSPS) is 10.2. The highest BCUT2D eigenvalue weighted by Gasteiger charge is 2.10. The summed E-state index contributed by atoms with van der Waals surface area (Å²) in [6.07, 6.45) is 0. The third kappa shape index (κ3) is 4.90. The van der Waals surface area contributed by atoms with Crippen molar-refractivity contribution in [2.24, 2.45) is 0 Å². The lowest BCUT2D eigenvalue weighted by atomic mass is 10.1. The molecule has 0 atom stereocenters. The van der Waals surface area contributed by atoms with E-state index in [0.29, 0.717) is 28.4 Å². The number of carbonyl (C=O) groups is 2. The largest absolute Gasteiger partial charge is 0.496 e. The second-order valence-electron chi connectivity index (χ2n) is 6.03. The molecule has 142 valence electrons. The van der Waals surface area contributed by atoms with Gasteiger partial charge in [-0.15, -0.1) is 0 Å². The van der Waals surface area contributed by atoms with Crippen molar-refractivity contribution in [3.8, 4) is 5.75 Å². The molecule has 0 saturated heterocycles. The van der Waals surface area contributed by atoms with Gasteiger partial charge in [0, 0.05) is 33.9 Å². The van der Waals surface area contributed by atoms with Crippen LogP contribution in [-0.4, -0.2) is 18.9 Å². The molecule has 0 unspecified atom stereocenters. The molecule has 0 saturated carbocycles. The summed E-state index contributed by atoms with van der Waals surface area (Å²) in [5, 5.41) is 6.23. The highest BCUT2D eigenvalue weighted by molar-refractivity contribution is 6.30. The van der Waals surface area contributed by atoms with E-state index in [2.05, 4.69) is 10.6 Å². The number of rotatable bonds is 6. The first kappa shape index (κ1) is 19.5. The van der Waals surface area contributed by atoms with E-state index in [9.17, 15) is 9.59 Å². The number of halogens is 1. The smallest absolute Gasteiger partial charge is 0.255 e. The van der Waals surface area contributed by atoms with Crippen molar-refractivity contribution in [2.75, 3.05) is 12.4 Å². The quantitative estimate of drug-likeness (QED) is 0.645. The van der Waals surface area contributed by atoms with Crippen LogP contribution in [0.4, 0.5) is 5.69 Å². The number of anilines is 1. The molecule has 28 heavy (non-hydrogen) atoms. The molecule has 6 heteroatoms. The number of nitrogens with one attached hydrogen (secondary N) is 2. The van der Waals surface area contributed by atoms with Gasteiger partial charge in [0.25, 0.3) is 11.8 Å². The van der Waals surface area contributed by atoms with Crippen molar-refractivity contribution in [3.63, 3.8) is 0 Å². The number of methoxy groups -OCH3 is 1. The Morgan fingerprint density at radius 1 is 0.857 bits per heavy atom. The Balaban J connectivity index is 1.60. The maximum absolute atomic E-state index is 12.4. The molecule has 3 aromatic rings. The number of para-hydroxylation sites is 1. The van der Waals surface area contributed by atoms with Crippen molar-refractivity contribution in [3.05, 3.63) is 94.5 Å². The summed E-state index contributed by atoms with van der Waals surface area (Å²) in [6, 6.07) is 20.8. The second kappa shape index (κ2) is 9.06. The molecule has 0 aromatic heterocycles. The van der Waals surface area contributed by atoms with Crippen LogP contribution < -0.4 is 15.4 Å². The lowest BCUT2D eigenvalue weighted by Crippen LogP contribution is -2.23. The van der Waals surface area contributed by atoms with Crippen LogP contribution in [0.5, 0.6) is 5.75 Å². The van der Waals surface area contributed by atoms with E-state index in [0.717, 1.165) is 11.3 Å². The molecule has 0 fully saturated rings. The van der Waals surface area contributed by atoms with Gasteiger partial charge in [0.15, 0.2) is 0 Å². The molecule has 3 aromatic carbocycles. The second-order valence-corrected chi connectivity index (χ2v) is 6.47. The fraction of sp³-hybridized carbons (Fsp3) is 0.0909. The van der Waals surface area contributed by atoms with E-state index in [-0.39, 0.29) is 11.8 Å². The van der Waals surface area contributed by atoms with Gasteiger partial charge < -0.3 is 15.4 Å². The zero-order valence-electron chi connectivity index (χ0n) is 15.2. The van der Waals surface area contributed by atoms with Gasteiger partial charge >= 0.3 is 0 Å². The van der Waals surface area contributed by atoms with Crippen LogP contribution in [0.15, 0.2) is 72.8 Å². The molecule has 0 bridgehead atoms. The van der Waals surface area contributed by atoms with E-state index >= 15 is 0 Å². The minimum absolute atomic E-state index is 0.226. The van der Waals surface area contributed by atoms with Crippen LogP contribution in [0.25, 0.3) is 0 Å². The summed E-state index contributed by atoms with van der Waals surface area (Å²) in [6.45, 7) is 0.349. The van der Waals surface area contributed by atoms with E-state index in [1.54, 1.807) is 55.6 Å². The average molecular weight is 395 g/mol. The summed E-state index contributed by atoms with van der Waals surface area (Å²) < 4.78 is 5.28. The summed E-state index contributed by atoms with van der Waals surface area (Å²) in [7, 11) is 1.59. The van der Waals surface area contributed by atoms with E-state index in [1.165, 1.54) is 0 Å². The number of hydrogen-bond acceptors (Lipinski definition) is 3. The predicted octanol–water partition coefficient (Wildman–Crippen LogP) is 4.53. The lowest BCUT2D eigenvalue weighted by molar-refractivity contribution is 0.0949. The third-order valence-electron chi connectivity index (χ3n) is 4.14. The van der Waals surface area contributed by atoms with Crippen molar-refractivity contribution in [1.29, 1.82) is 0 Å². The summed E-state index contributed by atoms with van der Waals surface area (Å²) >= 11 is 5.84. The topological polar surface area (TPSA) is 67.4 Å². The van der Waals surface area contributed by atoms with Crippen molar-refractivity contribution in [2.45, 2.75) is 6.54 Å². The zero-order valence-corrected chi connectivity index (χ0v) is 16.0. The molecule has 2 amide bonds. The van der Waals surface area contributed by atoms with Crippen molar-refractivity contribution >= 4 is 29.1 Å². The van der Waals surface area contributed by atoms with Gasteiger partial charge in [-0.3, -0.25) is 9.59 Å². The Morgan fingerprint density at radius 2 is 1.46 bits per heavy atom. The molecule has 3 rings (SSSR count). The first-order chi connectivity index (χ1) is 13.6. The van der Waals surface area contributed by atoms with Gasteiger partial charge in [0.2, 0.25) is 0 Å². The highest BCUT2D eigenvalue weighted by Crippen LogP contribution is 2.17. The van der Waals surface area contributed by atoms with E-state index in [1.807, 2.05) is 24.3 Å². The molecule has 0 aliphatic carbocycles. The Labute approximate surface area is 168 Å². The first-order valence-electron chi connectivity index (χ1n) is 8.64. The number of carbonyl (C=O) groups excluding carboxylic acids is 2. The Bertz CT molecular complexity index is 970. The van der Waals surface area contributed by atoms with Crippen LogP contribution in [0.3, 0.4) is 0 Å². The van der Waals surface area contributed by atoms with Crippen LogP contribution in [-0.2, 0) is 6.54 Å². The van der Waals surface area contributed by atoms with Gasteiger partial charge in [-0.05, 0) is 54.6 Å². The third-order valence-corrected chi connectivity index (χ3v) is 4.40. The number of hydrogen-bond donors (Lipinski definition) is 2. The maximum Gasteiger partial charge on any atom is 0.255 e. The number of ether oxygens (including phenoxy) is 1. The zero-order chi connectivity index (χ0) is 19.9. The summed E-state index contributed by atoms with van der Waals surface area (Å²) in [5.41, 5.74) is 2.46. The minimum Gasteiger partial charge on any atom is -0.496 e. The van der Waals surface area contributed by atoms with Gasteiger partial charge in [-0.2, -0.15) is 0 Å². The molecule has 0 heterocycles. The fourth-order valence-corrected chi connectivity index (χ4v) is 2.76. The minimum atomic E-state index is -0.261. The molecule has 0 aliphatic heterocycles. The molecular formula is C22H19ClN2O3. The lowest BCUT2D eigenvalue weighted by Gasteiger charge is -2.10. The van der Waals surface area contributed by atoms with Crippen LogP contribution in [0, 0.1) is 0 Å². The van der Waals surface area contributed by atoms with Crippen molar-refractivity contribution < 1.29 is 14.3 Å². The van der Waals surface area contributed by atoms with E-state index < -0.39 is 0 Å². The monoisotopic (exact) mass is 394 g/mol. The van der Waals surface area contributed by atoms with Crippen LogP contribution >= 0.6 is 11.6 Å². The number of amides is 2. The van der Waals surface area contributed by atoms with Gasteiger partial charge in [0.05, 0.1) is 7.11 Å². The van der Waals surface area contributed by atoms with Gasteiger partial charge in [-0.25, -0.2) is 0 Å². The van der Waals surface area contributed by atoms with Crippen molar-refractivity contribution in [1.82, 2.24) is 5.32 Å².